The lowest BCUT2D eigenvalue weighted by atomic mass is 10.2. The first-order chi connectivity index (χ1) is 11.5. The number of nitrogens with zero attached hydrogens (tertiary/aromatic N) is 1. The highest BCUT2D eigenvalue weighted by Gasteiger charge is 2.18. The van der Waals surface area contributed by atoms with E-state index in [1.807, 2.05) is 11.8 Å². The highest BCUT2D eigenvalue weighted by molar-refractivity contribution is 7.91. The number of ether oxygens (including phenoxy) is 1. The Balaban J connectivity index is 1.68. The van der Waals surface area contributed by atoms with Crippen LogP contribution in [-0.2, 0) is 21.3 Å². The van der Waals surface area contributed by atoms with Gasteiger partial charge in [0.1, 0.15) is 10.0 Å². The predicted octanol–water partition coefficient (Wildman–Crippen LogP) is 2.51. The Bertz CT molecular complexity index is 814. The smallest absolute Gasteiger partial charge is 0.250 e. The molecule has 0 saturated carbocycles. The molecule has 1 aliphatic rings. The van der Waals surface area contributed by atoms with Gasteiger partial charge in [-0.05, 0) is 36.8 Å². The third-order valence-electron chi connectivity index (χ3n) is 3.81. The number of aryl methyl sites for hydroxylation is 1. The van der Waals surface area contributed by atoms with E-state index in [0.717, 1.165) is 4.88 Å². The Morgan fingerprint density at radius 2 is 2.00 bits per heavy atom. The van der Waals surface area contributed by atoms with E-state index < -0.39 is 10.0 Å². The van der Waals surface area contributed by atoms with Crippen molar-refractivity contribution in [1.82, 2.24) is 4.72 Å². The molecule has 0 spiro atoms. The molecule has 0 amide bonds. The van der Waals surface area contributed by atoms with Gasteiger partial charge < -0.3 is 9.64 Å². The Labute approximate surface area is 145 Å². The fraction of sp³-hybridized carbons (Fsp3) is 0.375. The van der Waals surface area contributed by atoms with Crippen molar-refractivity contribution >= 4 is 27.0 Å². The lowest BCUT2D eigenvalue weighted by Crippen LogP contribution is -2.36. The molecule has 1 aliphatic heterocycles. The first kappa shape index (κ1) is 17.3. The average molecular weight is 370 g/mol. The quantitative estimate of drug-likeness (QED) is 0.879. The molecule has 1 saturated heterocycles. The zero-order valence-corrected chi connectivity index (χ0v) is 14.9. The Hall–Kier alpha value is -1.48. The SMILES string of the molecule is Cc1ccc(S(=O)(=O)NCc2ccc(N3CCOCC3)c(F)c2)s1. The van der Waals surface area contributed by atoms with E-state index in [9.17, 15) is 12.8 Å². The van der Waals surface area contributed by atoms with Crippen molar-refractivity contribution < 1.29 is 17.5 Å². The molecule has 24 heavy (non-hydrogen) atoms. The molecule has 0 aliphatic carbocycles. The molecule has 2 heterocycles. The molecule has 1 aromatic carbocycles. The lowest BCUT2D eigenvalue weighted by Gasteiger charge is -2.29. The maximum atomic E-state index is 14.3. The van der Waals surface area contributed by atoms with Gasteiger partial charge in [0.15, 0.2) is 0 Å². The number of rotatable bonds is 5. The molecule has 8 heteroatoms. The van der Waals surface area contributed by atoms with Crippen LogP contribution in [0.5, 0.6) is 0 Å². The summed E-state index contributed by atoms with van der Waals surface area (Å²) in [5.74, 6) is -0.347. The van der Waals surface area contributed by atoms with Crippen LogP contribution in [0.4, 0.5) is 10.1 Å². The molecule has 2 aromatic rings. The third kappa shape index (κ3) is 3.94. The van der Waals surface area contributed by atoms with Crippen molar-refractivity contribution in [3.8, 4) is 0 Å². The number of hydrogen-bond acceptors (Lipinski definition) is 5. The number of nitrogens with one attached hydrogen (secondary N) is 1. The molecule has 0 radical (unpaired) electrons. The summed E-state index contributed by atoms with van der Waals surface area (Å²) < 4.78 is 46.8. The molecule has 1 aromatic heterocycles. The fourth-order valence-corrected chi connectivity index (χ4v) is 4.87. The van der Waals surface area contributed by atoms with Crippen molar-refractivity contribution in [2.24, 2.45) is 0 Å². The predicted molar refractivity (Wildman–Crippen MR) is 92.5 cm³/mol. The van der Waals surface area contributed by atoms with Crippen LogP contribution in [0.3, 0.4) is 0 Å². The first-order valence-electron chi connectivity index (χ1n) is 7.63. The van der Waals surface area contributed by atoms with E-state index in [-0.39, 0.29) is 16.6 Å². The Kier molecular flexibility index (Phi) is 5.19. The second kappa shape index (κ2) is 7.18. The number of halogens is 1. The van der Waals surface area contributed by atoms with Crippen molar-refractivity contribution in [2.45, 2.75) is 17.7 Å². The number of morpholine rings is 1. The zero-order valence-electron chi connectivity index (χ0n) is 13.3. The lowest BCUT2D eigenvalue weighted by molar-refractivity contribution is 0.122. The largest absolute Gasteiger partial charge is 0.378 e. The van der Waals surface area contributed by atoms with Gasteiger partial charge in [-0.3, -0.25) is 0 Å². The minimum absolute atomic E-state index is 0.0552. The topological polar surface area (TPSA) is 58.6 Å². The van der Waals surface area contributed by atoms with Crippen LogP contribution >= 0.6 is 11.3 Å². The van der Waals surface area contributed by atoms with Gasteiger partial charge in [-0.25, -0.2) is 17.5 Å². The summed E-state index contributed by atoms with van der Waals surface area (Å²) >= 11 is 1.21. The van der Waals surface area contributed by atoms with Crippen LogP contribution in [0.25, 0.3) is 0 Å². The first-order valence-corrected chi connectivity index (χ1v) is 9.93. The number of sulfonamides is 1. The van der Waals surface area contributed by atoms with Gasteiger partial charge in [0.2, 0.25) is 10.0 Å². The van der Waals surface area contributed by atoms with E-state index in [0.29, 0.717) is 37.6 Å². The van der Waals surface area contributed by atoms with E-state index in [1.54, 1.807) is 24.3 Å². The van der Waals surface area contributed by atoms with E-state index in [2.05, 4.69) is 4.72 Å². The van der Waals surface area contributed by atoms with Gasteiger partial charge in [0, 0.05) is 24.5 Å². The fourth-order valence-electron chi connectivity index (χ4n) is 2.53. The van der Waals surface area contributed by atoms with Crippen LogP contribution in [0, 0.1) is 12.7 Å². The van der Waals surface area contributed by atoms with Crippen LogP contribution < -0.4 is 9.62 Å². The maximum absolute atomic E-state index is 14.3. The van der Waals surface area contributed by atoms with Crippen molar-refractivity contribution in [3.05, 3.63) is 46.6 Å². The summed E-state index contributed by atoms with van der Waals surface area (Å²) in [6.45, 7) is 4.38. The van der Waals surface area contributed by atoms with Crippen molar-refractivity contribution in [3.63, 3.8) is 0 Å². The summed E-state index contributed by atoms with van der Waals surface area (Å²) in [5.41, 5.74) is 1.11. The standard InChI is InChI=1S/C16H19FN2O3S2/c1-12-2-5-16(23-12)24(20,21)18-11-13-3-4-15(14(17)10-13)19-6-8-22-9-7-19/h2-5,10,18H,6-9,11H2,1H3. The van der Waals surface area contributed by atoms with E-state index >= 15 is 0 Å². The number of anilines is 1. The van der Waals surface area contributed by atoms with Crippen molar-refractivity contribution in [2.75, 3.05) is 31.2 Å². The molecule has 130 valence electrons. The highest BCUT2D eigenvalue weighted by Crippen LogP contribution is 2.23. The summed E-state index contributed by atoms with van der Waals surface area (Å²) in [7, 11) is -3.56. The second-order valence-corrected chi connectivity index (χ2v) is 8.86. The molecular formula is C16H19FN2O3S2. The Morgan fingerprint density at radius 3 is 2.62 bits per heavy atom. The summed E-state index contributed by atoms with van der Waals surface area (Å²) in [6, 6.07) is 8.16. The minimum atomic E-state index is -3.56. The van der Waals surface area contributed by atoms with Gasteiger partial charge in [0.25, 0.3) is 0 Å². The molecule has 1 N–H and O–H groups in total. The molecule has 1 fully saturated rings. The summed E-state index contributed by atoms with van der Waals surface area (Å²) in [5, 5.41) is 0. The highest BCUT2D eigenvalue weighted by atomic mass is 32.2. The van der Waals surface area contributed by atoms with Gasteiger partial charge in [-0.2, -0.15) is 0 Å². The number of hydrogen-bond donors (Lipinski definition) is 1. The number of benzene rings is 1. The molecule has 0 unspecified atom stereocenters. The van der Waals surface area contributed by atoms with Gasteiger partial charge >= 0.3 is 0 Å². The van der Waals surface area contributed by atoms with Crippen LogP contribution in [-0.4, -0.2) is 34.7 Å². The number of thiophene rings is 1. The van der Waals surface area contributed by atoms with Gasteiger partial charge in [0.05, 0.1) is 18.9 Å². The minimum Gasteiger partial charge on any atom is -0.378 e. The van der Waals surface area contributed by atoms with Crippen molar-refractivity contribution in [1.29, 1.82) is 0 Å². The monoisotopic (exact) mass is 370 g/mol. The van der Waals surface area contributed by atoms with Gasteiger partial charge in [-0.1, -0.05) is 6.07 Å². The normalized spacial score (nSPS) is 15.7. The van der Waals surface area contributed by atoms with Gasteiger partial charge in [-0.15, -0.1) is 11.3 Å². The molecule has 3 rings (SSSR count). The second-order valence-electron chi connectivity index (χ2n) is 5.57. The summed E-state index contributed by atoms with van der Waals surface area (Å²) in [6.07, 6.45) is 0. The average Bonchev–Trinajstić information content (AvgIpc) is 3.01. The molecule has 5 nitrogen and oxygen atoms in total. The maximum Gasteiger partial charge on any atom is 0.250 e. The van der Waals surface area contributed by atoms with E-state index in [1.165, 1.54) is 17.4 Å². The molecule has 0 bridgehead atoms. The Morgan fingerprint density at radius 1 is 1.25 bits per heavy atom. The van der Waals surface area contributed by atoms with Crippen LogP contribution in [0.2, 0.25) is 0 Å². The van der Waals surface area contributed by atoms with E-state index in [4.69, 9.17) is 4.74 Å². The van der Waals surface area contributed by atoms with Crippen LogP contribution in [0.1, 0.15) is 10.4 Å². The molecular weight excluding hydrogens is 351 g/mol. The van der Waals surface area contributed by atoms with Crippen LogP contribution in [0.15, 0.2) is 34.5 Å². The summed E-state index contributed by atoms with van der Waals surface area (Å²) in [4.78, 5) is 2.86. The zero-order chi connectivity index (χ0) is 17.2. The third-order valence-corrected chi connectivity index (χ3v) is 6.70. The molecule has 0 atom stereocenters.